The summed E-state index contributed by atoms with van der Waals surface area (Å²) in [7, 11) is 0. The van der Waals surface area contributed by atoms with Crippen LogP contribution < -0.4 is 10.1 Å². The molecule has 108 valence electrons. The largest absolute Gasteiger partial charge is 0.473 e. The number of pyridine rings is 1. The number of fused-ring (bicyclic) bond motifs is 1. The minimum atomic E-state index is 0. The Morgan fingerprint density at radius 1 is 1.40 bits per heavy atom. The number of nitrogens with zero attached hydrogens (tertiary/aromatic N) is 3. The number of aromatic nitrogens is 3. The normalized spacial score (nSPS) is 18.6. The first kappa shape index (κ1) is 15.2. The lowest BCUT2D eigenvalue weighted by Gasteiger charge is -2.23. The Kier molecular flexibility index (Phi) is 5.31. The van der Waals surface area contributed by atoms with Gasteiger partial charge in [-0.25, -0.2) is 4.98 Å². The predicted molar refractivity (Wildman–Crippen MR) is 77.7 cm³/mol. The quantitative estimate of drug-likeness (QED) is 0.865. The number of ether oxygens (including phenoxy) is 2. The molecule has 0 saturated carbocycles. The molecule has 2 aromatic rings. The van der Waals surface area contributed by atoms with Crippen LogP contribution in [0.1, 0.15) is 0 Å². The van der Waals surface area contributed by atoms with Gasteiger partial charge in [0.2, 0.25) is 5.88 Å². The highest BCUT2D eigenvalue weighted by molar-refractivity contribution is 6.30. The van der Waals surface area contributed by atoms with Crippen LogP contribution in [0.15, 0.2) is 18.5 Å². The molecule has 0 radical (unpaired) electrons. The molecule has 1 fully saturated rings. The van der Waals surface area contributed by atoms with Gasteiger partial charge < -0.3 is 14.8 Å². The number of rotatable bonds is 3. The third-order valence-corrected chi connectivity index (χ3v) is 3.00. The van der Waals surface area contributed by atoms with E-state index in [2.05, 4.69) is 20.3 Å². The van der Waals surface area contributed by atoms with E-state index in [4.69, 9.17) is 21.1 Å². The van der Waals surface area contributed by atoms with E-state index in [1.54, 1.807) is 18.5 Å². The van der Waals surface area contributed by atoms with Crippen LogP contribution >= 0.6 is 24.0 Å². The molecule has 0 unspecified atom stereocenters. The van der Waals surface area contributed by atoms with Gasteiger partial charge in [0.25, 0.3) is 0 Å². The Labute approximate surface area is 127 Å². The molecule has 1 atom stereocenters. The molecule has 3 rings (SSSR count). The summed E-state index contributed by atoms with van der Waals surface area (Å²) in [5, 5.41) is 3.58. The van der Waals surface area contributed by atoms with Crippen molar-refractivity contribution in [2.45, 2.75) is 6.10 Å². The molecular weight excluding hydrogens is 303 g/mol. The van der Waals surface area contributed by atoms with Crippen molar-refractivity contribution in [2.75, 3.05) is 26.3 Å². The Morgan fingerprint density at radius 2 is 2.25 bits per heavy atom. The fourth-order valence-corrected chi connectivity index (χ4v) is 2.09. The van der Waals surface area contributed by atoms with Crippen molar-refractivity contribution in [1.29, 1.82) is 0 Å². The molecule has 0 aromatic carbocycles. The van der Waals surface area contributed by atoms with Gasteiger partial charge in [0.05, 0.1) is 12.1 Å². The summed E-state index contributed by atoms with van der Waals surface area (Å²) >= 11 is 5.94. The highest BCUT2D eigenvalue weighted by Crippen LogP contribution is 2.23. The maximum atomic E-state index is 5.94. The lowest BCUT2D eigenvalue weighted by Crippen LogP contribution is -2.41. The Morgan fingerprint density at radius 3 is 3.05 bits per heavy atom. The average molecular weight is 317 g/mol. The van der Waals surface area contributed by atoms with Crippen molar-refractivity contribution >= 4 is 35.0 Å². The Balaban J connectivity index is 0.00000147. The summed E-state index contributed by atoms with van der Waals surface area (Å²) in [6, 6.07) is 1.66. The van der Waals surface area contributed by atoms with Gasteiger partial charge in [-0.15, -0.1) is 12.4 Å². The number of halogens is 2. The van der Waals surface area contributed by atoms with Crippen molar-refractivity contribution in [3.63, 3.8) is 0 Å². The van der Waals surface area contributed by atoms with Gasteiger partial charge in [0, 0.05) is 31.5 Å². The minimum Gasteiger partial charge on any atom is -0.473 e. The van der Waals surface area contributed by atoms with E-state index in [1.807, 2.05) is 0 Å². The van der Waals surface area contributed by atoms with Gasteiger partial charge >= 0.3 is 0 Å². The van der Waals surface area contributed by atoms with E-state index in [9.17, 15) is 0 Å². The molecule has 1 N–H and O–H groups in total. The predicted octanol–water partition coefficient (Wildman–Crippen LogP) is 1.47. The summed E-state index contributed by atoms with van der Waals surface area (Å²) in [4.78, 5) is 12.6. The molecule has 0 bridgehead atoms. The second kappa shape index (κ2) is 6.99. The first-order valence-electron chi connectivity index (χ1n) is 6.05. The van der Waals surface area contributed by atoms with Crippen LogP contribution in [-0.2, 0) is 4.74 Å². The molecule has 0 spiro atoms. The van der Waals surface area contributed by atoms with Gasteiger partial charge in [-0.05, 0) is 0 Å². The van der Waals surface area contributed by atoms with Crippen LogP contribution in [0.2, 0.25) is 5.15 Å². The fraction of sp³-hybridized carbons (Fsp3) is 0.417. The second-order valence-corrected chi connectivity index (χ2v) is 4.57. The van der Waals surface area contributed by atoms with E-state index in [-0.39, 0.29) is 18.5 Å². The van der Waals surface area contributed by atoms with Gasteiger partial charge in [-0.1, -0.05) is 11.6 Å². The monoisotopic (exact) mass is 316 g/mol. The molecule has 3 heterocycles. The van der Waals surface area contributed by atoms with E-state index in [0.29, 0.717) is 35.3 Å². The fourth-order valence-electron chi connectivity index (χ4n) is 1.91. The summed E-state index contributed by atoms with van der Waals surface area (Å²) < 4.78 is 11.2. The van der Waals surface area contributed by atoms with Crippen molar-refractivity contribution in [2.24, 2.45) is 0 Å². The highest BCUT2D eigenvalue weighted by Gasteiger charge is 2.16. The first-order valence-corrected chi connectivity index (χ1v) is 6.43. The van der Waals surface area contributed by atoms with Crippen LogP contribution in [0.4, 0.5) is 0 Å². The topological polar surface area (TPSA) is 69.2 Å². The van der Waals surface area contributed by atoms with Crippen molar-refractivity contribution < 1.29 is 9.47 Å². The molecule has 6 nitrogen and oxygen atoms in total. The zero-order valence-corrected chi connectivity index (χ0v) is 12.2. The number of hydrogen-bond donors (Lipinski definition) is 1. The van der Waals surface area contributed by atoms with Crippen molar-refractivity contribution in [3.8, 4) is 5.88 Å². The average Bonchev–Trinajstić information content (AvgIpc) is 2.45. The molecule has 1 saturated heterocycles. The Bertz CT molecular complexity index is 578. The lowest BCUT2D eigenvalue weighted by atomic mass is 10.3. The maximum Gasteiger partial charge on any atom is 0.243 e. The second-order valence-electron chi connectivity index (χ2n) is 4.18. The van der Waals surface area contributed by atoms with Crippen LogP contribution in [0.3, 0.4) is 0 Å². The first-order chi connectivity index (χ1) is 9.33. The molecule has 20 heavy (non-hydrogen) atoms. The summed E-state index contributed by atoms with van der Waals surface area (Å²) in [6.07, 6.45) is 3.22. The SMILES string of the molecule is Cl.Clc1cc2nccnc2c(OC[C@@H]2CNCCO2)n1. The summed E-state index contributed by atoms with van der Waals surface area (Å²) in [5.74, 6) is 0.393. The number of morpholine rings is 1. The van der Waals surface area contributed by atoms with Crippen LogP contribution in [0.25, 0.3) is 11.0 Å². The maximum absolute atomic E-state index is 5.94. The molecule has 2 aromatic heterocycles. The third-order valence-electron chi connectivity index (χ3n) is 2.80. The van der Waals surface area contributed by atoms with Crippen LogP contribution in [0.5, 0.6) is 5.88 Å². The molecular formula is C12H14Cl2N4O2. The van der Waals surface area contributed by atoms with Crippen molar-refractivity contribution in [1.82, 2.24) is 20.3 Å². The third kappa shape index (κ3) is 3.46. The molecule has 0 aliphatic carbocycles. The van der Waals surface area contributed by atoms with E-state index >= 15 is 0 Å². The zero-order chi connectivity index (χ0) is 13.1. The Hall–Kier alpha value is -1.21. The van der Waals surface area contributed by atoms with Gasteiger partial charge in [0.1, 0.15) is 17.9 Å². The van der Waals surface area contributed by atoms with Gasteiger partial charge in [0.15, 0.2) is 5.52 Å². The van der Waals surface area contributed by atoms with Gasteiger partial charge in [-0.3, -0.25) is 4.98 Å². The molecule has 1 aliphatic rings. The van der Waals surface area contributed by atoms with Crippen LogP contribution in [-0.4, -0.2) is 47.4 Å². The number of nitrogens with one attached hydrogen (secondary N) is 1. The molecule has 0 amide bonds. The molecule has 8 heteroatoms. The van der Waals surface area contributed by atoms with E-state index in [0.717, 1.165) is 13.1 Å². The summed E-state index contributed by atoms with van der Waals surface area (Å²) in [5.41, 5.74) is 1.27. The van der Waals surface area contributed by atoms with Gasteiger partial charge in [-0.2, -0.15) is 4.98 Å². The van der Waals surface area contributed by atoms with Crippen LogP contribution in [0, 0.1) is 0 Å². The van der Waals surface area contributed by atoms with E-state index in [1.165, 1.54) is 0 Å². The minimum absolute atomic E-state index is 0. The lowest BCUT2D eigenvalue weighted by molar-refractivity contribution is -0.000425. The van der Waals surface area contributed by atoms with Crippen molar-refractivity contribution in [3.05, 3.63) is 23.6 Å². The molecule has 1 aliphatic heterocycles. The standard InChI is InChI=1S/C12H13ClN4O2.ClH/c13-10-5-9-11(16-2-1-15-9)12(17-10)19-7-8-6-14-3-4-18-8;/h1-2,5,8,14H,3-4,6-7H2;1H/t8-;/m0./s1. The number of hydrogen-bond acceptors (Lipinski definition) is 6. The zero-order valence-electron chi connectivity index (χ0n) is 10.6. The highest BCUT2D eigenvalue weighted by atomic mass is 35.5. The van der Waals surface area contributed by atoms with E-state index < -0.39 is 0 Å². The summed E-state index contributed by atoms with van der Waals surface area (Å²) in [6.45, 7) is 2.74. The smallest absolute Gasteiger partial charge is 0.243 e.